The van der Waals surface area contributed by atoms with Crippen LogP contribution in [-0.2, 0) is 0 Å². The number of halogens is 1. The highest BCUT2D eigenvalue weighted by Gasteiger charge is 2.11. The first-order valence-corrected chi connectivity index (χ1v) is 8.35. The van der Waals surface area contributed by atoms with Crippen molar-refractivity contribution in [2.24, 2.45) is 4.99 Å². The molecule has 0 amide bonds. The van der Waals surface area contributed by atoms with Crippen LogP contribution < -0.4 is 4.74 Å². The third kappa shape index (κ3) is 6.04. The molecule has 0 saturated heterocycles. The summed E-state index contributed by atoms with van der Waals surface area (Å²) in [5, 5.41) is 0. The molecule has 0 saturated carbocycles. The van der Waals surface area contributed by atoms with Gasteiger partial charge in [0.15, 0.2) is 0 Å². The molecule has 5 heteroatoms. The van der Waals surface area contributed by atoms with E-state index in [1.807, 2.05) is 31.3 Å². The maximum absolute atomic E-state index is 5.91. The lowest BCUT2D eigenvalue weighted by Gasteiger charge is -2.16. The predicted molar refractivity (Wildman–Crippen MR) is 92.7 cm³/mol. The van der Waals surface area contributed by atoms with Gasteiger partial charge in [0.2, 0.25) is 5.88 Å². The van der Waals surface area contributed by atoms with Crippen molar-refractivity contribution in [2.45, 2.75) is 53.1 Å². The van der Waals surface area contributed by atoms with Crippen molar-refractivity contribution in [3.63, 3.8) is 0 Å². The third-order valence-electron chi connectivity index (χ3n) is 3.28. The molecule has 1 unspecified atom stereocenters. The highest BCUT2D eigenvalue weighted by molar-refractivity contribution is 9.10. The number of pyridine rings is 1. The number of hydrogen-bond donors (Lipinski definition) is 0. The molecular weight excluding hydrogens is 330 g/mol. The zero-order valence-corrected chi connectivity index (χ0v) is 15.3. The van der Waals surface area contributed by atoms with Crippen LogP contribution in [0, 0.1) is 6.92 Å². The predicted octanol–water partition coefficient (Wildman–Crippen LogP) is 4.72. The molecule has 0 bridgehead atoms. The number of nitrogens with zero attached hydrogens (tertiary/aromatic N) is 3. The molecule has 21 heavy (non-hydrogen) atoms. The van der Waals surface area contributed by atoms with E-state index in [1.165, 1.54) is 12.8 Å². The van der Waals surface area contributed by atoms with Gasteiger partial charge in [-0.3, -0.25) is 0 Å². The van der Waals surface area contributed by atoms with Crippen LogP contribution in [0.25, 0.3) is 0 Å². The molecule has 0 aromatic carbocycles. The monoisotopic (exact) mass is 355 g/mol. The summed E-state index contributed by atoms with van der Waals surface area (Å²) in [4.78, 5) is 11.0. The Kier molecular flexibility index (Phi) is 7.72. The van der Waals surface area contributed by atoms with Gasteiger partial charge in [-0.15, -0.1) is 0 Å². The molecule has 1 aromatic rings. The maximum atomic E-state index is 5.91. The first-order chi connectivity index (χ1) is 9.97. The Bertz CT molecular complexity index is 477. The number of ether oxygens (including phenoxy) is 1. The SMILES string of the molecule is CCCCC(C)Oc1nc(C)c(/N=C/N(C)CC)cc1Br. The smallest absolute Gasteiger partial charge is 0.228 e. The molecule has 0 aliphatic carbocycles. The fourth-order valence-electron chi connectivity index (χ4n) is 1.75. The highest BCUT2D eigenvalue weighted by atomic mass is 79.9. The Morgan fingerprint density at radius 1 is 1.48 bits per heavy atom. The van der Waals surface area contributed by atoms with Gasteiger partial charge >= 0.3 is 0 Å². The van der Waals surface area contributed by atoms with Crippen molar-refractivity contribution in [3.05, 3.63) is 16.2 Å². The summed E-state index contributed by atoms with van der Waals surface area (Å²) in [5.74, 6) is 0.652. The molecule has 0 fully saturated rings. The molecule has 1 heterocycles. The van der Waals surface area contributed by atoms with Crippen LogP contribution in [0.2, 0.25) is 0 Å². The van der Waals surface area contributed by atoms with Crippen molar-refractivity contribution >= 4 is 28.0 Å². The summed E-state index contributed by atoms with van der Waals surface area (Å²) >= 11 is 3.53. The van der Waals surface area contributed by atoms with Gasteiger partial charge in [-0.25, -0.2) is 9.98 Å². The zero-order chi connectivity index (χ0) is 15.8. The molecule has 0 aliphatic rings. The van der Waals surface area contributed by atoms with E-state index in [4.69, 9.17) is 4.74 Å². The van der Waals surface area contributed by atoms with Gasteiger partial charge in [0.05, 0.1) is 28.3 Å². The Balaban J connectivity index is 2.82. The second kappa shape index (κ2) is 9.03. The minimum atomic E-state index is 0.175. The summed E-state index contributed by atoms with van der Waals surface area (Å²) < 4.78 is 6.76. The molecule has 0 radical (unpaired) electrons. The van der Waals surface area contributed by atoms with Gasteiger partial charge in [-0.05, 0) is 49.2 Å². The summed E-state index contributed by atoms with van der Waals surface area (Å²) in [6.45, 7) is 9.23. The standard InChI is InChI=1S/C16H26BrN3O/c1-6-8-9-12(3)21-16-14(17)10-15(13(4)19-16)18-11-20(5)7-2/h10-12H,6-9H2,1-5H3/b18-11+. The van der Waals surface area contributed by atoms with E-state index in [0.717, 1.165) is 28.8 Å². The summed E-state index contributed by atoms with van der Waals surface area (Å²) in [6, 6.07) is 1.96. The quantitative estimate of drug-likeness (QED) is 0.500. The third-order valence-corrected chi connectivity index (χ3v) is 3.85. The topological polar surface area (TPSA) is 37.7 Å². The fraction of sp³-hybridized carbons (Fsp3) is 0.625. The van der Waals surface area contributed by atoms with Gasteiger partial charge in [-0.1, -0.05) is 19.8 Å². The van der Waals surface area contributed by atoms with Crippen LogP contribution in [0.15, 0.2) is 15.5 Å². The van der Waals surface area contributed by atoms with Gasteiger partial charge in [0.1, 0.15) is 0 Å². The van der Waals surface area contributed by atoms with Gasteiger partial charge < -0.3 is 9.64 Å². The van der Waals surface area contributed by atoms with Crippen molar-refractivity contribution < 1.29 is 4.74 Å². The van der Waals surface area contributed by atoms with Crippen molar-refractivity contribution in [2.75, 3.05) is 13.6 Å². The summed E-state index contributed by atoms with van der Waals surface area (Å²) in [7, 11) is 1.99. The van der Waals surface area contributed by atoms with Crippen molar-refractivity contribution in [1.29, 1.82) is 0 Å². The number of aliphatic imine (C=N–C) groups is 1. The molecule has 1 atom stereocenters. The van der Waals surface area contributed by atoms with E-state index in [0.29, 0.717) is 5.88 Å². The molecule has 1 aromatic heterocycles. The molecule has 0 aliphatic heterocycles. The van der Waals surface area contributed by atoms with Crippen molar-refractivity contribution in [1.82, 2.24) is 9.88 Å². The largest absolute Gasteiger partial charge is 0.474 e. The average molecular weight is 356 g/mol. The second-order valence-corrected chi connectivity index (χ2v) is 6.12. The molecule has 0 spiro atoms. The lowest BCUT2D eigenvalue weighted by Crippen LogP contribution is -2.14. The van der Waals surface area contributed by atoms with Crippen LogP contribution in [0.1, 0.15) is 45.7 Å². The summed E-state index contributed by atoms with van der Waals surface area (Å²) in [5.41, 5.74) is 1.73. The Labute approximate surface area is 136 Å². The fourth-order valence-corrected chi connectivity index (χ4v) is 2.14. The van der Waals surface area contributed by atoms with Crippen LogP contribution >= 0.6 is 15.9 Å². The Hall–Kier alpha value is -1.10. The Morgan fingerprint density at radius 2 is 2.19 bits per heavy atom. The molecular formula is C16H26BrN3O. The van der Waals surface area contributed by atoms with E-state index >= 15 is 0 Å². The van der Waals surface area contributed by atoms with Crippen LogP contribution in [0.4, 0.5) is 5.69 Å². The van der Waals surface area contributed by atoms with E-state index < -0.39 is 0 Å². The van der Waals surface area contributed by atoms with E-state index in [-0.39, 0.29) is 6.10 Å². The first kappa shape index (κ1) is 18.0. The lowest BCUT2D eigenvalue weighted by atomic mass is 10.2. The second-order valence-electron chi connectivity index (χ2n) is 5.27. The Morgan fingerprint density at radius 3 is 2.81 bits per heavy atom. The van der Waals surface area contributed by atoms with Gasteiger partial charge in [-0.2, -0.15) is 0 Å². The molecule has 1 rings (SSSR count). The van der Waals surface area contributed by atoms with Gasteiger partial charge in [0.25, 0.3) is 0 Å². The molecule has 118 valence electrons. The van der Waals surface area contributed by atoms with Crippen LogP contribution in [0.3, 0.4) is 0 Å². The number of aryl methyl sites for hydroxylation is 1. The zero-order valence-electron chi connectivity index (χ0n) is 13.7. The molecule has 0 N–H and O–H groups in total. The maximum Gasteiger partial charge on any atom is 0.228 e. The van der Waals surface area contributed by atoms with E-state index in [9.17, 15) is 0 Å². The number of hydrogen-bond acceptors (Lipinski definition) is 3. The van der Waals surface area contributed by atoms with E-state index in [2.05, 4.69) is 46.7 Å². The van der Waals surface area contributed by atoms with Crippen LogP contribution in [-0.4, -0.2) is 35.9 Å². The minimum Gasteiger partial charge on any atom is -0.474 e. The normalized spacial score (nSPS) is 12.7. The van der Waals surface area contributed by atoms with Crippen LogP contribution in [0.5, 0.6) is 5.88 Å². The highest BCUT2D eigenvalue weighted by Crippen LogP contribution is 2.30. The van der Waals surface area contributed by atoms with Gasteiger partial charge in [0, 0.05) is 13.6 Å². The minimum absolute atomic E-state index is 0.175. The number of unbranched alkanes of at least 4 members (excludes halogenated alkanes) is 1. The lowest BCUT2D eigenvalue weighted by molar-refractivity contribution is 0.197. The number of aromatic nitrogens is 1. The number of rotatable bonds is 8. The van der Waals surface area contributed by atoms with Crippen molar-refractivity contribution in [3.8, 4) is 5.88 Å². The van der Waals surface area contributed by atoms with E-state index in [1.54, 1.807) is 0 Å². The first-order valence-electron chi connectivity index (χ1n) is 7.56. The summed E-state index contributed by atoms with van der Waals surface area (Å²) in [6.07, 6.45) is 5.39. The average Bonchev–Trinajstić information content (AvgIpc) is 2.46. The molecule has 4 nitrogen and oxygen atoms in total.